The Labute approximate surface area is 109 Å². The molecule has 92 valence electrons. The molecule has 0 spiro atoms. The topological polar surface area (TPSA) is 65.0 Å². The van der Waals surface area contributed by atoms with Crippen LogP contribution >= 0.6 is 11.8 Å². The molecule has 0 atom stereocenters. The summed E-state index contributed by atoms with van der Waals surface area (Å²) in [5.74, 6) is -0.354. The molecule has 0 fully saturated rings. The van der Waals surface area contributed by atoms with Gasteiger partial charge in [0.15, 0.2) is 0 Å². The van der Waals surface area contributed by atoms with Gasteiger partial charge in [-0.2, -0.15) is 5.10 Å². The molecule has 18 heavy (non-hydrogen) atoms. The van der Waals surface area contributed by atoms with Crippen LogP contribution in [0.15, 0.2) is 35.6 Å². The van der Waals surface area contributed by atoms with Gasteiger partial charge in [-0.15, -0.1) is 5.10 Å². The molecule has 2 aromatic rings. The summed E-state index contributed by atoms with van der Waals surface area (Å²) >= 11 is 1.43. The van der Waals surface area contributed by atoms with Crippen LogP contribution in [-0.2, 0) is 4.74 Å². The molecule has 0 radical (unpaired) electrons. The Morgan fingerprint density at radius 2 is 2.00 bits per heavy atom. The first kappa shape index (κ1) is 12.5. The second-order valence-corrected chi connectivity index (χ2v) is 4.17. The Kier molecular flexibility index (Phi) is 3.88. The van der Waals surface area contributed by atoms with Crippen LogP contribution in [0.1, 0.15) is 10.4 Å². The van der Waals surface area contributed by atoms with E-state index in [1.54, 1.807) is 30.5 Å². The predicted octanol–water partition coefficient (Wildman–Crippen LogP) is 2.05. The van der Waals surface area contributed by atoms with E-state index in [1.807, 2.05) is 6.26 Å². The maximum absolute atomic E-state index is 11.3. The Bertz CT molecular complexity index is 558. The lowest BCUT2D eigenvalue weighted by molar-refractivity contribution is 0.0601. The Morgan fingerprint density at radius 3 is 2.61 bits per heavy atom. The minimum atomic E-state index is -0.354. The van der Waals surface area contributed by atoms with Gasteiger partial charge in [-0.05, 0) is 18.4 Å². The summed E-state index contributed by atoms with van der Waals surface area (Å²) in [6.45, 7) is 0. The molecule has 0 N–H and O–H groups in total. The quantitative estimate of drug-likeness (QED) is 0.622. The Hall–Kier alpha value is -1.95. The zero-order chi connectivity index (χ0) is 13.0. The molecule has 0 unspecified atom stereocenters. The normalized spacial score (nSPS) is 10.1. The average Bonchev–Trinajstić information content (AvgIpc) is 2.46. The molecule has 0 aliphatic carbocycles. The third-order valence-corrected chi connectivity index (χ3v) is 2.86. The van der Waals surface area contributed by atoms with Crippen LogP contribution in [0, 0.1) is 0 Å². The zero-order valence-corrected chi connectivity index (χ0v) is 10.8. The largest absolute Gasteiger partial charge is 0.465 e. The van der Waals surface area contributed by atoms with Crippen molar-refractivity contribution in [2.24, 2.45) is 0 Å². The number of methoxy groups -OCH3 is 1. The summed E-state index contributed by atoms with van der Waals surface area (Å²) in [7, 11) is 1.36. The number of rotatable bonds is 3. The van der Waals surface area contributed by atoms with Crippen molar-refractivity contribution in [3.05, 3.63) is 36.0 Å². The van der Waals surface area contributed by atoms with Gasteiger partial charge in [-0.1, -0.05) is 23.9 Å². The lowest BCUT2D eigenvalue weighted by Crippen LogP contribution is -2.00. The van der Waals surface area contributed by atoms with Crippen molar-refractivity contribution < 1.29 is 9.53 Å². The van der Waals surface area contributed by atoms with E-state index in [0.717, 1.165) is 11.3 Å². The minimum absolute atomic E-state index is 0.354. The van der Waals surface area contributed by atoms with Crippen LogP contribution in [0.3, 0.4) is 0 Å². The number of nitrogens with zero attached hydrogens (tertiary/aromatic N) is 3. The van der Waals surface area contributed by atoms with Gasteiger partial charge in [0.05, 0.1) is 24.6 Å². The van der Waals surface area contributed by atoms with Gasteiger partial charge in [0.2, 0.25) is 5.16 Å². The number of esters is 1. The molecule has 1 heterocycles. The lowest BCUT2D eigenvalue weighted by Gasteiger charge is -2.03. The van der Waals surface area contributed by atoms with Crippen molar-refractivity contribution in [3.63, 3.8) is 0 Å². The molecule has 0 saturated heterocycles. The smallest absolute Gasteiger partial charge is 0.337 e. The van der Waals surface area contributed by atoms with Crippen LogP contribution in [-0.4, -0.2) is 34.5 Å². The standard InChI is InChI=1S/C12H11N3O2S/c1-17-11(16)9-5-3-8(4-6-9)10-7-13-15-12(14-10)18-2/h3-7H,1-2H3. The van der Waals surface area contributed by atoms with Gasteiger partial charge in [0, 0.05) is 5.56 Å². The van der Waals surface area contributed by atoms with Gasteiger partial charge in [0.1, 0.15) is 0 Å². The molecule has 2 rings (SSSR count). The average molecular weight is 261 g/mol. The number of benzene rings is 1. The van der Waals surface area contributed by atoms with Crippen LogP contribution in [0.2, 0.25) is 0 Å². The van der Waals surface area contributed by atoms with Gasteiger partial charge < -0.3 is 4.74 Å². The number of thioether (sulfide) groups is 1. The Balaban J connectivity index is 2.31. The number of hydrogen-bond acceptors (Lipinski definition) is 6. The number of aromatic nitrogens is 3. The fraction of sp³-hybridized carbons (Fsp3) is 0.167. The molecule has 0 amide bonds. The molecular formula is C12H11N3O2S. The first-order valence-corrected chi connectivity index (χ1v) is 6.39. The van der Waals surface area contributed by atoms with E-state index in [0.29, 0.717) is 10.7 Å². The molecular weight excluding hydrogens is 250 g/mol. The molecule has 1 aromatic carbocycles. The predicted molar refractivity (Wildman–Crippen MR) is 68.4 cm³/mol. The van der Waals surface area contributed by atoms with E-state index < -0.39 is 0 Å². The first-order valence-electron chi connectivity index (χ1n) is 5.17. The van der Waals surface area contributed by atoms with Crippen molar-refractivity contribution in [2.75, 3.05) is 13.4 Å². The minimum Gasteiger partial charge on any atom is -0.465 e. The summed E-state index contributed by atoms with van der Waals surface area (Å²) < 4.78 is 4.64. The van der Waals surface area contributed by atoms with Crippen molar-refractivity contribution in [1.82, 2.24) is 15.2 Å². The molecule has 5 nitrogen and oxygen atoms in total. The van der Waals surface area contributed by atoms with Crippen molar-refractivity contribution in [2.45, 2.75) is 5.16 Å². The second-order valence-electron chi connectivity index (χ2n) is 3.40. The highest BCUT2D eigenvalue weighted by Gasteiger charge is 2.06. The summed E-state index contributed by atoms with van der Waals surface area (Å²) in [4.78, 5) is 15.6. The van der Waals surface area contributed by atoms with Crippen LogP contribution in [0.4, 0.5) is 0 Å². The van der Waals surface area contributed by atoms with E-state index in [1.165, 1.54) is 18.9 Å². The van der Waals surface area contributed by atoms with Gasteiger partial charge in [-0.3, -0.25) is 0 Å². The molecule has 0 bridgehead atoms. The third-order valence-electron chi connectivity index (χ3n) is 2.32. The SMILES string of the molecule is COC(=O)c1ccc(-c2cnnc(SC)n2)cc1. The lowest BCUT2D eigenvalue weighted by atomic mass is 10.1. The molecule has 0 aliphatic heterocycles. The number of carbonyl (C=O) groups excluding carboxylic acids is 1. The van der Waals surface area contributed by atoms with Gasteiger partial charge in [-0.25, -0.2) is 9.78 Å². The Morgan fingerprint density at radius 1 is 1.28 bits per heavy atom. The molecule has 0 aliphatic rings. The highest BCUT2D eigenvalue weighted by atomic mass is 32.2. The van der Waals surface area contributed by atoms with Crippen LogP contribution in [0.5, 0.6) is 0 Å². The summed E-state index contributed by atoms with van der Waals surface area (Å²) in [5, 5.41) is 8.37. The highest BCUT2D eigenvalue weighted by Crippen LogP contribution is 2.18. The zero-order valence-electron chi connectivity index (χ0n) is 9.95. The van der Waals surface area contributed by atoms with Crippen molar-refractivity contribution in [3.8, 4) is 11.3 Å². The van der Waals surface area contributed by atoms with E-state index in [-0.39, 0.29) is 5.97 Å². The monoisotopic (exact) mass is 261 g/mol. The van der Waals surface area contributed by atoms with E-state index in [4.69, 9.17) is 0 Å². The molecule has 6 heteroatoms. The fourth-order valence-electron chi connectivity index (χ4n) is 1.41. The number of hydrogen-bond donors (Lipinski definition) is 0. The van der Waals surface area contributed by atoms with Crippen molar-refractivity contribution in [1.29, 1.82) is 0 Å². The van der Waals surface area contributed by atoms with Gasteiger partial charge >= 0.3 is 5.97 Å². The molecule has 1 aromatic heterocycles. The fourth-order valence-corrected chi connectivity index (χ4v) is 1.73. The summed E-state index contributed by atoms with van der Waals surface area (Å²) in [6.07, 6.45) is 3.48. The van der Waals surface area contributed by atoms with Crippen LogP contribution < -0.4 is 0 Å². The van der Waals surface area contributed by atoms with E-state index >= 15 is 0 Å². The maximum atomic E-state index is 11.3. The third kappa shape index (κ3) is 2.65. The van der Waals surface area contributed by atoms with E-state index in [9.17, 15) is 4.79 Å². The second kappa shape index (κ2) is 5.59. The molecule has 0 saturated carbocycles. The van der Waals surface area contributed by atoms with Gasteiger partial charge in [0.25, 0.3) is 0 Å². The van der Waals surface area contributed by atoms with E-state index in [2.05, 4.69) is 19.9 Å². The van der Waals surface area contributed by atoms with Crippen molar-refractivity contribution >= 4 is 17.7 Å². The highest BCUT2D eigenvalue weighted by molar-refractivity contribution is 7.98. The number of carbonyl (C=O) groups is 1. The van der Waals surface area contributed by atoms with Crippen LogP contribution in [0.25, 0.3) is 11.3 Å². The summed E-state index contributed by atoms with van der Waals surface area (Å²) in [6, 6.07) is 7.00. The maximum Gasteiger partial charge on any atom is 0.337 e. The first-order chi connectivity index (χ1) is 8.74. The number of ether oxygens (including phenoxy) is 1. The summed E-state index contributed by atoms with van der Waals surface area (Å²) in [5.41, 5.74) is 2.12.